The summed E-state index contributed by atoms with van der Waals surface area (Å²) in [5, 5.41) is 5.88. The molecule has 5 heteroatoms. The van der Waals surface area contributed by atoms with Gasteiger partial charge in [-0.1, -0.05) is 36.4 Å². The van der Waals surface area contributed by atoms with Gasteiger partial charge in [-0.25, -0.2) is 0 Å². The van der Waals surface area contributed by atoms with Gasteiger partial charge in [0.05, 0.1) is 0 Å². The first kappa shape index (κ1) is 20.1. The Balaban J connectivity index is 1.47. The highest BCUT2D eigenvalue weighted by Crippen LogP contribution is 2.14. The van der Waals surface area contributed by atoms with Gasteiger partial charge in [-0.15, -0.1) is 0 Å². The van der Waals surface area contributed by atoms with Gasteiger partial charge in [0.2, 0.25) is 5.91 Å². The molecule has 3 rings (SSSR count). The average molecular weight is 380 g/mol. The summed E-state index contributed by atoms with van der Waals surface area (Å²) in [6, 6.07) is 17.8. The standard InChI is InChI=1S/C23H29N3O2/c1-18(27)24-21-12-5-11-20(16-21)23(28)25-22-13-7-15-26(17-22)14-6-10-19-8-3-2-4-9-19/h2-5,8-9,11-12,16,22H,6-7,10,13-15,17H2,1H3,(H,24,27)(H,25,28)/t22-/m1/s1. The van der Waals surface area contributed by atoms with Crippen LogP contribution >= 0.6 is 0 Å². The first-order valence-electron chi connectivity index (χ1n) is 10.0. The summed E-state index contributed by atoms with van der Waals surface area (Å²) in [6.45, 7) is 4.51. The van der Waals surface area contributed by atoms with Crippen molar-refractivity contribution in [3.8, 4) is 0 Å². The van der Waals surface area contributed by atoms with Crippen LogP contribution < -0.4 is 10.6 Å². The summed E-state index contributed by atoms with van der Waals surface area (Å²) in [5.41, 5.74) is 2.60. The summed E-state index contributed by atoms with van der Waals surface area (Å²) in [4.78, 5) is 26.3. The number of amides is 2. The second-order valence-corrected chi connectivity index (χ2v) is 7.46. The summed E-state index contributed by atoms with van der Waals surface area (Å²) in [6.07, 6.45) is 4.32. The van der Waals surface area contributed by atoms with Gasteiger partial charge in [-0.05, 0) is 62.5 Å². The molecule has 0 unspecified atom stereocenters. The Morgan fingerprint density at radius 2 is 1.93 bits per heavy atom. The Labute approximate surface area is 167 Å². The number of piperidine rings is 1. The number of likely N-dealkylation sites (tertiary alicyclic amines) is 1. The van der Waals surface area contributed by atoms with Crippen molar-refractivity contribution < 1.29 is 9.59 Å². The van der Waals surface area contributed by atoms with Crippen LogP contribution in [0.3, 0.4) is 0 Å². The van der Waals surface area contributed by atoms with E-state index in [0.29, 0.717) is 11.3 Å². The summed E-state index contributed by atoms with van der Waals surface area (Å²) in [7, 11) is 0. The van der Waals surface area contributed by atoms with Crippen molar-refractivity contribution in [2.45, 2.75) is 38.6 Å². The van der Waals surface area contributed by atoms with Crippen molar-refractivity contribution in [2.24, 2.45) is 0 Å². The van der Waals surface area contributed by atoms with Crippen LogP contribution in [0.4, 0.5) is 5.69 Å². The Kier molecular flexibility index (Phi) is 7.20. The molecule has 0 radical (unpaired) electrons. The first-order valence-corrected chi connectivity index (χ1v) is 10.0. The number of nitrogens with one attached hydrogen (secondary N) is 2. The van der Waals surface area contributed by atoms with Gasteiger partial charge < -0.3 is 15.5 Å². The topological polar surface area (TPSA) is 61.4 Å². The van der Waals surface area contributed by atoms with Crippen LogP contribution in [0.2, 0.25) is 0 Å². The highest BCUT2D eigenvalue weighted by Gasteiger charge is 2.21. The lowest BCUT2D eigenvalue weighted by Gasteiger charge is -2.33. The van der Waals surface area contributed by atoms with Crippen LogP contribution in [0.25, 0.3) is 0 Å². The zero-order valence-corrected chi connectivity index (χ0v) is 16.5. The van der Waals surface area contributed by atoms with E-state index in [1.807, 2.05) is 6.07 Å². The molecule has 1 aliphatic rings. The molecule has 28 heavy (non-hydrogen) atoms. The Morgan fingerprint density at radius 1 is 1.11 bits per heavy atom. The van der Waals surface area contributed by atoms with Crippen LogP contribution in [0.1, 0.15) is 42.1 Å². The Morgan fingerprint density at radius 3 is 2.71 bits per heavy atom. The Bertz CT molecular complexity index is 791. The van der Waals surface area contributed by atoms with Crippen molar-refractivity contribution in [1.29, 1.82) is 0 Å². The van der Waals surface area contributed by atoms with Crippen LogP contribution in [-0.2, 0) is 11.2 Å². The van der Waals surface area contributed by atoms with Crippen LogP contribution in [0, 0.1) is 0 Å². The van der Waals surface area contributed by atoms with Gasteiger partial charge in [0.15, 0.2) is 0 Å². The molecule has 1 heterocycles. The molecule has 2 N–H and O–H groups in total. The molecule has 1 aliphatic heterocycles. The lowest BCUT2D eigenvalue weighted by Crippen LogP contribution is -2.47. The molecule has 1 atom stereocenters. The van der Waals surface area contributed by atoms with E-state index in [1.54, 1.807) is 24.3 Å². The van der Waals surface area contributed by atoms with Gasteiger partial charge in [-0.3, -0.25) is 9.59 Å². The second kappa shape index (κ2) is 10.0. The van der Waals surface area contributed by atoms with E-state index < -0.39 is 0 Å². The third kappa shape index (κ3) is 6.20. The minimum atomic E-state index is -0.143. The molecule has 0 bridgehead atoms. The molecule has 1 fully saturated rings. The second-order valence-electron chi connectivity index (χ2n) is 7.46. The molecule has 0 aromatic heterocycles. The van der Waals surface area contributed by atoms with E-state index in [1.165, 1.54) is 12.5 Å². The van der Waals surface area contributed by atoms with Crippen molar-refractivity contribution in [2.75, 3.05) is 25.0 Å². The minimum Gasteiger partial charge on any atom is -0.348 e. The zero-order valence-electron chi connectivity index (χ0n) is 16.5. The summed E-state index contributed by atoms with van der Waals surface area (Å²) < 4.78 is 0. The number of aryl methyl sites for hydroxylation is 1. The highest BCUT2D eigenvalue weighted by molar-refractivity contribution is 5.96. The van der Waals surface area contributed by atoms with Crippen molar-refractivity contribution in [3.63, 3.8) is 0 Å². The van der Waals surface area contributed by atoms with Gasteiger partial charge in [-0.2, -0.15) is 0 Å². The predicted molar refractivity (Wildman–Crippen MR) is 112 cm³/mol. The molecule has 148 valence electrons. The maximum atomic E-state index is 12.6. The van der Waals surface area contributed by atoms with Gasteiger partial charge >= 0.3 is 0 Å². The SMILES string of the molecule is CC(=O)Nc1cccc(C(=O)N[C@@H]2CCCN(CCCc3ccccc3)C2)c1. The van der Waals surface area contributed by atoms with Crippen LogP contribution in [-0.4, -0.2) is 42.4 Å². The molecular weight excluding hydrogens is 350 g/mol. The van der Waals surface area contributed by atoms with Gasteiger partial charge in [0.1, 0.15) is 0 Å². The number of anilines is 1. The van der Waals surface area contributed by atoms with E-state index in [4.69, 9.17) is 0 Å². The van der Waals surface area contributed by atoms with E-state index in [9.17, 15) is 9.59 Å². The van der Waals surface area contributed by atoms with Crippen molar-refractivity contribution in [1.82, 2.24) is 10.2 Å². The number of hydrogen-bond donors (Lipinski definition) is 2. The van der Waals surface area contributed by atoms with Crippen molar-refractivity contribution >= 4 is 17.5 Å². The van der Waals surface area contributed by atoms with Gasteiger partial charge in [0, 0.05) is 30.8 Å². The van der Waals surface area contributed by atoms with Crippen molar-refractivity contribution in [3.05, 3.63) is 65.7 Å². The number of carbonyl (C=O) groups excluding carboxylic acids is 2. The molecule has 0 spiro atoms. The zero-order chi connectivity index (χ0) is 19.8. The lowest BCUT2D eigenvalue weighted by atomic mass is 10.0. The third-order valence-electron chi connectivity index (χ3n) is 5.07. The highest BCUT2D eigenvalue weighted by atomic mass is 16.2. The fourth-order valence-electron chi connectivity index (χ4n) is 3.74. The number of benzene rings is 2. The van der Waals surface area contributed by atoms with Crippen LogP contribution in [0.5, 0.6) is 0 Å². The van der Waals surface area contributed by atoms with E-state index in [0.717, 1.165) is 45.3 Å². The third-order valence-corrected chi connectivity index (χ3v) is 5.07. The number of hydrogen-bond acceptors (Lipinski definition) is 3. The average Bonchev–Trinajstić information content (AvgIpc) is 2.69. The molecule has 0 saturated carbocycles. The number of carbonyl (C=O) groups is 2. The maximum Gasteiger partial charge on any atom is 0.251 e. The first-order chi connectivity index (χ1) is 13.6. The number of nitrogens with zero attached hydrogens (tertiary/aromatic N) is 1. The molecule has 0 aliphatic carbocycles. The quantitative estimate of drug-likeness (QED) is 0.774. The molecule has 2 aromatic rings. The summed E-state index contributed by atoms with van der Waals surface area (Å²) >= 11 is 0. The molecule has 2 aromatic carbocycles. The predicted octanol–water partition coefficient (Wildman–Crippen LogP) is 3.47. The lowest BCUT2D eigenvalue weighted by molar-refractivity contribution is -0.114. The molecule has 2 amide bonds. The normalized spacial score (nSPS) is 17.1. The van der Waals surface area contributed by atoms with E-state index in [2.05, 4.69) is 39.8 Å². The van der Waals surface area contributed by atoms with Gasteiger partial charge in [0.25, 0.3) is 5.91 Å². The van der Waals surface area contributed by atoms with E-state index >= 15 is 0 Å². The molecule has 5 nitrogen and oxygen atoms in total. The fourth-order valence-corrected chi connectivity index (χ4v) is 3.74. The largest absolute Gasteiger partial charge is 0.348 e. The summed E-state index contributed by atoms with van der Waals surface area (Å²) in [5.74, 6) is -0.223. The van der Waals surface area contributed by atoms with Crippen LogP contribution in [0.15, 0.2) is 54.6 Å². The molecule has 1 saturated heterocycles. The molecular formula is C23H29N3O2. The number of rotatable bonds is 7. The monoisotopic (exact) mass is 379 g/mol. The maximum absolute atomic E-state index is 12.6. The fraction of sp³-hybridized carbons (Fsp3) is 0.391. The Hall–Kier alpha value is -2.66. The minimum absolute atomic E-state index is 0.0802. The van der Waals surface area contributed by atoms with E-state index in [-0.39, 0.29) is 17.9 Å². The smallest absolute Gasteiger partial charge is 0.251 e.